The highest BCUT2D eigenvalue weighted by Gasteiger charge is 2.11. The lowest BCUT2D eigenvalue weighted by Crippen LogP contribution is -2.25. The van der Waals surface area contributed by atoms with E-state index in [1.807, 2.05) is 0 Å². The summed E-state index contributed by atoms with van der Waals surface area (Å²) < 4.78 is 0. The Bertz CT molecular complexity index is 285. The molecule has 0 heterocycles. The highest BCUT2D eigenvalue weighted by atomic mass is 32.2. The summed E-state index contributed by atoms with van der Waals surface area (Å²) in [6.07, 6.45) is 9.50. The van der Waals surface area contributed by atoms with Gasteiger partial charge < -0.3 is 5.73 Å². The molecule has 1 nitrogen and oxygen atoms in total. The number of allylic oxidation sites excluding steroid dienone is 1. The van der Waals surface area contributed by atoms with Gasteiger partial charge in [-0.3, -0.25) is 0 Å². The van der Waals surface area contributed by atoms with Gasteiger partial charge in [0.25, 0.3) is 0 Å². The van der Waals surface area contributed by atoms with Crippen LogP contribution in [0.4, 0.5) is 0 Å². The van der Waals surface area contributed by atoms with Crippen molar-refractivity contribution in [2.75, 3.05) is 11.5 Å². The Morgan fingerprint density at radius 1 is 1.22 bits per heavy atom. The van der Waals surface area contributed by atoms with Crippen LogP contribution in [0.2, 0.25) is 0 Å². The summed E-state index contributed by atoms with van der Waals surface area (Å²) >= 11 is 0. The maximum atomic E-state index is 6.00. The van der Waals surface area contributed by atoms with Crippen LogP contribution in [0.1, 0.15) is 53.4 Å². The Labute approximate surface area is 117 Å². The van der Waals surface area contributed by atoms with Crippen molar-refractivity contribution in [3.05, 3.63) is 12.2 Å². The first-order chi connectivity index (χ1) is 8.51. The molecule has 0 aliphatic heterocycles. The largest absolute Gasteiger partial charge is 0.327 e. The van der Waals surface area contributed by atoms with Crippen LogP contribution in [0.15, 0.2) is 12.2 Å². The van der Waals surface area contributed by atoms with E-state index in [-0.39, 0.29) is 16.3 Å². The topological polar surface area (TPSA) is 26.0 Å². The zero-order chi connectivity index (χ0) is 14.0. The molecule has 0 aromatic heterocycles. The Hall–Kier alpha value is -0.170. The third-order valence-electron chi connectivity index (χ3n) is 3.66. The molecule has 108 valence electrons. The Balaban J connectivity index is 3.81. The number of hydrogen-bond acceptors (Lipinski definition) is 1. The normalized spacial score (nSPS) is 18.7. The maximum absolute atomic E-state index is 6.00. The van der Waals surface area contributed by atoms with Crippen LogP contribution < -0.4 is 5.73 Å². The van der Waals surface area contributed by atoms with Gasteiger partial charge in [-0.05, 0) is 56.5 Å². The minimum atomic E-state index is -0.178. The van der Waals surface area contributed by atoms with Gasteiger partial charge >= 0.3 is 0 Å². The minimum Gasteiger partial charge on any atom is -0.327 e. The van der Waals surface area contributed by atoms with Gasteiger partial charge in [0.05, 0.1) is 0 Å². The SMILES string of the molecule is C#[SH](CC)CCCC(C)CCC(C=CC)C(C)N. The molecular weight excluding hydrogens is 238 g/mol. The predicted molar refractivity (Wildman–Crippen MR) is 88.9 cm³/mol. The van der Waals surface area contributed by atoms with E-state index >= 15 is 0 Å². The van der Waals surface area contributed by atoms with Gasteiger partial charge in [-0.15, -0.1) is 5.69 Å². The Kier molecular flexibility index (Phi) is 10.6. The number of rotatable bonds is 8. The van der Waals surface area contributed by atoms with Crippen molar-refractivity contribution < 1.29 is 0 Å². The molecule has 0 saturated carbocycles. The molecule has 0 bridgehead atoms. The molecule has 0 spiro atoms. The first-order valence-electron chi connectivity index (χ1n) is 7.39. The van der Waals surface area contributed by atoms with Crippen molar-refractivity contribution in [1.82, 2.24) is 0 Å². The molecule has 0 aromatic carbocycles. The molecule has 18 heavy (non-hydrogen) atoms. The lowest BCUT2D eigenvalue weighted by molar-refractivity contribution is 0.402. The van der Waals surface area contributed by atoms with Gasteiger partial charge in [-0.25, -0.2) is 10.3 Å². The molecule has 0 radical (unpaired) electrons. The van der Waals surface area contributed by atoms with Gasteiger partial charge in [0.1, 0.15) is 0 Å². The number of thiol groups is 1. The molecule has 4 atom stereocenters. The fourth-order valence-electron chi connectivity index (χ4n) is 2.20. The second kappa shape index (κ2) is 10.7. The van der Waals surface area contributed by atoms with Crippen LogP contribution in [0.25, 0.3) is 0 Å². The second-order valence-electron chi connectivity index (χ2n) is 5.50. The summed E-state index contributed by atoms with van der Waals surface area (Å²) in [5.74, 6) is 3.75. The molecule has 0 aliphatic rings. The van der Waals surface area contributed by atoms with Crippen molar-refractivity contribution >= 4 is 10.3 Å². The third-order valence-corrected chi connectivity index (χ3v) is 5.36. The lowest BCUT2D eigenvalue weighted by atomic mass is 9.90. The number of hydrogen-bond donors (Lipinski definition) is 2. The van der Waals surface area contributed by atoms with Crippen LogP contribution in [-0.4, -0.2) is 17.5 Å². The first-order valence-corrected chi connectivity index (χ1v) is 9.17. The minimum absolute atomic E-state index is 0.178. The van der Waals surface area contributed by atoms with Crippen molar-refractivity contribution in [2.45, 2.75) is 59.4 Å². The first kappa shape index (κ1) is 17.8. The van der Waals surface area contributed by atoms with Crippen LogP contribution in [0.3, 0.4) is 0 Å². The van der Waals surface area contributed by atoms with E-state index in [9.17, 15) is 0 Å². The molecule has 2 heteroatoms. The van der Waals surface area contributed by atoms with Gasteiger partial charge in [0.15, 0.2) is 0 Å². The Morgan fingerprint density at radius 3 is 2.39 bits per heavy atom. The fourth-order valence-corrected chi connectivity index (χ4v) is 3.11. The lowest BCUT2D eigenvalue weighted by Gasteiger charge is -2.19. The summed E-state index contributed by atoms with van der Waals surface area (Å²) in [4.78, 5) is 0. The average molecular weight is 272 g/mol. The molecular formula is C16H33NS. The Morgan fingerprint density at radius 2 is 1.89 bits per heavy atom. The average Bonchev–Trinajstić information content (AvgIpc) is 2.33. The highest BCUT2D eigenvalue weighted by Crippen LogP contribution is 2.21. The zero-order valence-corrected chi connectivity index (χ0v) is 13.6. The number of nitrogens with two attached hydrogens (primary N) is 1. The van der Waals surface area contributed by atoms with Crippen molar-refractivity contribution in [2.24, 2.45) is 17.6 Å². The van der Waals surface area contributed by atoms with Crippen LogP contribution in [0, 0.1) is 17.5 Å². The monoisotopic (exact) mass is 271 g/mol. The molecule has 0 amide bonds. The van der Waals surface area contributed by atoms with E-state index < -0.39 is 0 Å². The van der Waals surface area contributed by atoms with Gasteiger partial charge in [0.2, 0.25) is 0 Å². The van der Waals surface area contributed by atoms with Crippen LogP contribution >= 0.6 is 10.3 Å². The van der Waals surface area contributed by atoms with E-state index in [0.29, 0.717) is 5.92 Å². The van der Waals surface area contributed by atoms with Crippen LogP contribution in [0.5, 0.6) is 0 Å². The van der Waals surface area contributed by atoms with Gasteiger partial charge in [-0.2, -0.15) is 0 Å². The van der Waals surface area contributed by atoms with Crippen molar-refractivity contribution in [3.63, 3.8) is 0 Å². The highest BCUT2D eigenvalue weighted by molar-refractivity contribution is 8.06. The molecule has 0 rings (SSSR count). The standard InChI is InChI=1S/C16H33NS/c1-6-9-16(15(4)17)12-11-14(3)10-8-13-18(5)7-2/h5-6,9,14-16,18H,7-8,10-13,17H2,1-4H3. The quantitative estimate of drug-likeness (QED) is 0.499. The summed E-state index contributed by atoms with van der Waals surface area (Å²) in [5, 5.41) is 0. The van der Waals surface area contributed by atoms with E-state index in [1.165, 1.54) is 31.4 Å². The van der Waals surface area contributed by atoms with Gasteiger partial charge in [0, 0.05) is 6.04 Å². The summed E-state index contributed by atoms with van der Waals surface area (Å²) in [5.41, 5.74) is 12.0. The van der Waals surface area contributed by atoms with E-state index in [4.69, 9.17) is 11.4 Å². The second-order valence-corrected chi connectivity index (χ2v) is 7.76. The van der Waals surface area contributed by atoms with Crippen molar-refractivity contribution in [3.8, 4) is 5.69 Å². The molecule has 0 fully saturated rings. The zero-order valence-electron chi connectivity index (χ0n) is 12.7. The van der Waals surface area contributed by atoms with Crippen molar-refractivity contribution in [1.29, 1.82) is 0 Å². The molecule has 0 aliphatic carbocycles. The van der Waals surface area contributed by atoms with E-state index in [1.54, 1.807) is 0 Å². The fraction of sp³-hybridized carbons (Fsp3) is 0.812. The molecule has 0 saturated heterocycles. The smallest absolute Gasteiger partial charge is 0.00733 e. The van der Waals surface area contributed by atoms with Crippen LogP contribution in [-0.2, 0) is 0 Å². The molecule has 2 N–H and O–H groups in total. The van der Waals surface area contributed by atoms with Gasteiger partial charge in [-0.1, -0.05) is 32.4 Å². The predicted octanol–water partition coefficient (Wildman–Crippen LogP) is 4.33. The molecule has 4 unspecified atom stereocenters. The summed E-state index contributed by atoms with van der Waals surface area (Å²) in [6, 6.07) is 0.269. The summed E-state index contributed by atoms with van der Waals surface area (Å²) in [6.45, 7) is 8.74. The summed E-state index contributed by atoms with van der Waals surface area (Å²) in [7, 11) is -0.178. The van der Waals surface area contributed by atoms with E-state index in [2.05, 4.69) is 39.8 Å². The maximum Gasteiger partial charge on any atom is 0.00733 e. The molecule has 0 aromatic rings. The third kappa shape index (κ3) is 8.85. The van der Waals surface area contributed by atoms with E-state index in [0.717, 1.165) is 11.7 Å².